The number of amides is 1. The number of carbonyl (C=O) groups is 2. The standard InChI is InChI=1S/C24H26N4O4S/c1-2-3-4-8-15-32-23(31)18-11-13-19(14-12-18)25-20(29)16-33-24-26-22(30)21(27-28-24)17-9-6-5-7-10-17/h5-7,9-14H,2-4,8,15-16H2,1H3,(H,25,29)(H,26,28,30). The van der Waals surface area contributed by atoms with E-state index in [1.165, 1.54) is 0 Å². The second kappa shape index (κ2) is 12.5. The lowest BCUT2D eigenvalue weighted by Gasteiger charge is -2.07. The summed E-state index contributed by atoms with van der Waals surface area (Å²) >= 11 is 1.07. The van der Waals surface area contributed by atoms with Crippen molar-refractivity contribution < 1.29 is 14.3 Å². The Balaban J connectivity index is 1.46. The van der Waals surface area contributed by atoms with E-state index in [0.717, 1.165) is 37.4 Å². The molecule has 3 rings (SSSR count). The number of nitrogens with zero attached hydrogens (tertiary/aromatic N) is 2. The molecular weight excluding hydrogens is 440 g/mol. The first kappa shape index (κ1) is 24.2. The smallest absolute Gasteiger partial charge is 0.338 e. The summed E-state index contributed by atoms with van der Waals surface area (Å²) in [6, 6.07) is 15.5. The number of nitrogens with one attached hydrogen (secondary N) is 2. The number of aromatic nitrogens is 3. The van der Waals surface area contributed by atoms with Crippen molar-refractivity contribution in [3.8, 4) is 11.3 Å². The fourth-order valence-corrected chi connectivity index (χ4v) is 3.57. The van der Waals surface area contributed by atoms with Crippen LogP contribution in [-0.2, 0) is 9.53 Å². The molecule has 0 bridgehead atoms. The van der Waals surface area contributed by atoms with Gasteiger partial charge in [-0.15, -0.1) is 10.2 Å². The van der Waals surface area contributed by atoms with Crippen LogP contribution in [0.3, 0.4) is 0 Å². The third kappa shape index (κ3) is 7.57. The average molecular weight is 467 g/mol. The molecule has 0 fully saturated rings. The van der Waals surface area contributed by atoms with Gasteiger partial charge in [-0.1, -0.05) is 68.3 Å². The van der Waals surface area contributed by atoms with Crippen LogP contribution in [0.15, 0.2) is 64.5 Å². The molecule has 0 saturated carbocycles. The fraction of sp³-hybridized carbons (Fsp3) is 0.292. The van der Waals surface area contributed by atoms with E-state index in [9.17, 15) is 14.4 Å². The van der Waals surface area contributed by atoms with Crippen molar-refractivity contribution in [1.29, 1.82) is 0 Å². The molecular formula is C24H26N4O4S. The summed E-state index contributed by atoms with van der Waals surface area (Å²) in [5, 5.41) is 11.0. The van der Waals surface area contributed by atoms with Crippen LogP contribution in [-0.4, -0.2) is 39.4 Å². The number of H-pyrrole nitrogens is 1. The van der Waals surface area contributed by atoms with Crippen LogP contribution < -0.4 is 10.9 Å². The second-order valence-electron chi connectivity index (χ2n) is 7.28. The number of hydrogen-bond donors (Lipinski definition) is 2. The maximum atomic E-state index is 12.3. The van der Waals surface area contributed by atoms with E-state index >= 15 is 0 Å². The van der Waals surface area contributed by atoms with Gasteiger partial charge in [0.2, 0.25) is 5.91 Å². The van der Waals surface area contributed by atoms with Gasteiger partial charge in [0.1, 0.15) is 0 Å². The molecule has 9 heteroatoms. The molecule has 0 atom stereocenters. The highest BCUT2D eigenvalue weighted by atomic mass is 32.2. The monoisotopic (exact) mass is 466 g/mol. The molecule has 0 radical (unpaired) electrons. The quantitative estimate of drug-likeness (QED) is 0.246. The summed E-state index contributed by atoms with van der Waals surface area (Å²) in [6.07, 6.45) is 4.16. The van der Waals surface area contributed by atoms with Crippen molar-refractivity contribution in [1.82, 2.24) is 15.2 Å². The Morgan fingerprint density at radius 1 is 1.00 bits per heavy atom. The number of carbonyl (C=O) groups excluding carboxylic acids is 2. The van der Waals surface area contributed by atoms with E-state index < -0.39 is 0 Å². The van der Waals surface area contributed by atoms with Crippen molar-refractivity contribution >= 4 is 29.3 Å². The van der Waals surface area contributed by atoms with Crippen LogP contribution in [0.1, 0.15) is 43.0 Å². The SMILES string of the molecule is CCCCCCOC(=O)c1ccc(NC(=O)CSc2nnc(-c3ccccc3)c(=O)[nH]2)cc1. The predicted molar refractivity (Wildman–Crippen MR) is 128 cm³/mol. The van der Waals surface area contributed by atoms with Gasteiger partial charge in [0.15, 0.2) is 10.9 Å². The van der Waals surface area contributed by atoms with E-state index in [4.69, 9.17) is 4.74 Å². The number of benzene rings is 2. The van der Waals surface area contributed by atoms with Gasteiger partial charge >= 0.3 is 5.97 Å². The summed E-state index contributed by atoms with van der Waals surface area (Å²) < 4.78 is 5.26. The molecule has 0 unspecified atom stereocenters. The van der Waals surface area contributed by atoms with E-state index in [1.54, 1.807) is 36.4 Å². The van der Waals surface area contributed by atoms with Gasteiger partial charge < -0.3 is 10.1 Å². The first-order valence-corrected chi connectivity index (χ1v) is 11.8. The van der Waals surface area contributed by atoms with Crippen LogP contribution in [0, 0.1) is 0 Å². The largest absolute Gasteiger partial charge is 0.462 e. The summed E-state index contributed by atoms with van der Waals surface area (Å²) in [6.45, 7) is 2.54. The topological polar surface area (TPSA) is 114 Å². The third-order valence-corrected chi connectivity index (χ3v) is 5.56. The number of ether oxygens (including phenoxy) is 1. The number of unbranched alkanes of at least 4 members (excludes halogenated alkanes) is 3. The van der Waals surface area contributed by atoms with Crippen molar-refractivity contribution in [2.75, 3.05) is 17.7 Å². The summed E-state index contributed by atoms with van der Waals surface area (Å²) in [5.41, 5.74) is 1.52. The number of thioether (sulfide) groups is 1. The van der Waals surface area contributed by atoms with Crippen LogP contribution >= 0.6 is 11.8 Å². The van der Waals surface area contributed by atoms with Crippen molar-refractivity contribution in [3.63, 3.8) is 0 Å². The Morgan fingerprint density at radius 3 is 2.45 bits per heavy atom. The van der Waals surface area contributed by atoms with Crippen LogP contribution in [0.2, 0.25) is 0 Å². The maximum absolute atomic E-state index is 12.3. The van der Waals surface area contributed by atoms with Crippen molar-refractivity contribution in [2.24, 2.45) is 0 Å². The Morgan fingerprint density at radius 2 is 1.76 bits per heavy atom. The van der Waals surface area contributed by atoms with Gasteiger partial charge in [-0.2, -0.15) is 0 Å². The minimum atomic E-state index is -0.374. The van der Waals surface area contributed by atoms with Gasteiger partial charge in [0, 0.05) is 11.3 Å². The highest BCUT2D eigenvalue weighted by Gasteiger charge is 2.11. The number of rotatable bonds is 11. The molecule has 2 N–H and O–H groups in total. The average Bonchev–Trinajstić information content (AvgIpc) is 2.83. The third-order valence-electron chi connectivity index (χ3n) is 4.70. The predicted octanol–water partition coefficient (Wildman–Crippen LogP) is 4.30. The van der Waals surface area contributed by atoms with Crippen molar-refractivity contribution in [2.45, 2.75) is 37.8 Å². The molecule has 1 aromatic heterocycles. The molecule has 1 amide bonds. The minimum absolute atomic E-state index is 0.0385. The number of hydrogen-bond acceptors (Lipinski definition) is 7. The molecule has 0 saturated heterocycles. The van der Waals surface area contributed by atoms with E-state index in [2.05, 4.69) is 27.4 Å². The Labute approximate surface area is 196 Å². The fourth-order valence-electron chi connectivity index (χ4n) is 2.97. The summed E-state index contributed by atoms with van der Waals surface area (Å²) in [4.78, 5) is 39.2. The molecule has 33 heavy (non-hydrogen) atoms. The lowest BCUT2D eigenvalue weighted by atomic mass is 10.2. The highest BCUT2D eigenvalue weighted by Crippen LogP contribution is 2.16. The molecule has 8 nitrogen and oxygen atoms in total. The lowest BCUT2D eigenvalue weighted by Crippen LogP contribution is -2.17. The Bertz CT molecular complexity index is 1120. The van der Waals surface area contributed by atoms with Gasteiger partial charge in [-0.3, -0.25) is 14.6 Å². The van der Waals surface area contributed by atoms with Crippen LogP contribution in [0.4, 0.5) is 5.69 Å². The number of esters is 1. The van der Waals surface area contributed by atoms with Crippen LogP contribution in [0.5, 0.6) is 0 Å². The molecule has 0 spiro atoms. The first-order valence-electron chi connectivity index (χ1n) is 10.8. The molecule has 0 aliphatic carbocycles. The molecule has 1 heterocycles. The van der Waals surface area contributed by atoms with Gasteiger partial charge in [-0.05, 0) is 30.7 Å². The Kier molecular flexibility index (Phi) is 9.19. The normalized spacial score (nSPS) is 10.6. The molecule has 0 aliphatic rings. The maximum Gasteiger partial charge on any atom is 0.338 e. The Hall–Kier alpha value is -3.46. The number of aromatic amines is 1. The van der Waals surface area contributed by atoms with E-state index in [1.807, 2.05) is 18.2 Å². The van der Waals surface area contributed by atoms with Crippen LogP contribution in [0.25, 0.3) is 11.3 Å². The molecule has 0 aliphatic heterocycles. The zero-order chi connectivity index (χ0) is 23.5. The zero-order valence-electron chi connectivity index (χ0n) is 18.4. The van der Waals surface area contributed by atoms with E-state index in [-0.39, 0.29) is 34.0 Å². The summed E-state index contributed by atoms with van der Waals surface area (Å²) in [7, 11) is 0. The second-order valence-corrected chi connectivity index (χ2v) is 8.25. The lowest BCUT2D eigenvalue weighted by molar-refractivity contribution is -0.113. The molecule has 2 aromatic carbocycles. The van der Waals surface area contributed by atoms with Crippen molar-refractivity contribution in [3.05, 3.63) is 70.5 Å². The highest BCUT2D eigenvalue weighted by molar-refractivity contribution is 7.99. The van der Waals surface area contributed by atoms with Gasteiger partial charge in [0.05, 0.1) is 17.9 Å². The van der Waals surface area contributed by atoms with Gasteiger partial charge in [-0.25, -0.2) is 4.79 Å². The minimum Gasteiger partial charge on any atom is -0.462 e. The van der Waals surface area contributed by atoms with Gasteiger partial charge in [0.25, 0.3) is 5.56 Å². The number of anilines is 1. The van der Waals surface area contributed by atoms with E-state index in [0.29, 0.717) is 23.4 Å². The molecule has 3 aromatic rings. The molecule has 172 valence electrons. The first-order chi connectivity index (χ1) is 16.1. The summed E-state index contributed by atoms with van der Waals surface area (Å²) in [5.74, 6) is -0.612. The zero-order valence-corrected chi connectivity index (χ0v) is 19.2.